The van der Waals surface area contributed by atoms with E-state index in [4.69, 9.17) is 9.47 Å². The number of carbonyl (C=O) groups excluding carboxylic acids is 2. The lowest BCUT2D eigenvalue weighted by atomic mass is 9.82. The van der Waals surface area contributed by atoms with Crippen molar-refractivity contribution in [1.82, 2.24) is 0 Å². The van der Waals surface area contributed by atoms with Gasteiger partial charge in [0.1, 0.15) is 16.4 Å². The lowest BCUT2D eigenvalue weighted by Gasteiger charge is -2.23. The fourth-order valence-corrected chi connectivity index (χ4v) is 3.33. The summed E-state index contributed by atoms with van der Waals surface area (Å²) in [4.78, 5) is 24.2. The van der Waals surface area contributed by atoms with Gasteiger partial charge in [-0.15, -0.1) is 11.3 Å². The van der Waals surface area contributed by atoms with Gasteiger partial charge < -0.3 is 14.8 Å². The van der Waals surface area contributed by atoms with E-state index in [-0.39, 0.29) is 12.0 Å². The highest BCUT2D eigenvalue weighted by atomic mass is 32.1. The molecule has 0 unspecified atom stereocenters. The smallest absolute Gasteiger partial charge is 0.348 e. The topological polar surface area (TPSA) is 64.6 Å². The highest BCUT2D eigenvalue weighted by Gasteiger charge is 2.17. The molecule has 1 amide bonds. The van der Waals surface area contributed by atoms with Crippen LogP contribution >= 0.6 is 11.3 Å². The van der Waals surface area contributed by atoms with Crippen molar-refractivity contribution in [2.45, 2.75) is 32.6 Å². The SMILES string of the molecule is CCC(C)(C)c1ccc(Oc2ccc(NC(=O)COC(=O)c3cccs3)cc2)cc1. The van der Waals surface area contributed by atoms with Crippen molar-refractivity contribution in [3.8, 4) is 11.5 Å². The van der Waals surface area contributed by atoms with Crippen LogP contribution in [0.2, 0.25) is 0 Å². The number of rotatable bonds is 8. The molecule has 6 heteroatoms. The molecule has 0 aliphatic heterocycles. The first-order valence-electron chi connectivity index (χ1n) is 9.76. The van der Waals surface area contributed by atoms with Crippen LogP contribution in [-0.2, 0) is 14.9 Å². The summed E-state index contributed by atoms with van der Waals surface area (Å²) < 4.78 is 10.9. The van der Waals surface area contributed by atoms with Gasteiger partial charge in [-0.25, -0.2) is 4.79 Å². The van der Waals surface area contributed by atoms with Crippen molar-refractivity contribution < 1.29 is 19.1 Å². The number of hydrogen-bond acceptors (Lipinski definition) is 5. The van der Waals surface area contributed by atoms with Crippen molar-refractivity contribution in [3.63, 3.8) is 0 Å². The Kier molecular flexibility index (Phi) is 6.90. The zero-order chi connectivity index (χ0) is 21.6. The molecule has 30 heavy (non-hydrogen) atoms. The van der Waals surface area contributed by atoms with Crippen LogP contribution in [0, 0.1) is 0 Å². The van der Waals surface area contributed by atoms with Gasteiger partial charge in [0.25, 0.3) is 5.91 Å². The highest BCUT2D eigenvalue weighted by molar-refractivity contribution is 7.11. The molecule has 0 saturated carbocycles. The number of hydrogen-bond donors (Lipinski definition) is 1. The maximum absolute atomic E-state index is 12.0. The molecule has 0 radical (unpaired) electrons. The van der Waals surface area contributed by atoms with E-state index in [0.29, 0.717) is 16.3 Å². The van der Waals surface area contributed by atoms with E-state index in [9.17, 15) is 9.59 Å². The number of esters is 1. The number of benzene rings is 2. The van der Waals surface area contributed by atoms with Gasteiger partial charge in [-0.3, -0.25) is 4.79 Å². The number of amides is 1. The van der Waals surface area contributed by atoms with Crippen LogP contribution in [-0.4, -0.2) is 18.5 Å². The second-order valence-corrected chi connectivity index (χ2v) is 8.44. The van der Waals surface area contributed by atoms with E-state index < -0.39 is 11.9 Å². The van der Waals surface area contributed by atoms with E-state index in [2.05, 4.69) is 38.2 Å². The summed E-state index contributed by atoms with van der Waals surface area (Å²) >= 11 is 1.27. The van der Waals surface area contributed by atoms with Crippen molar-refractivity contribution >= 4 is 28.9 Å². The molecule has 0 fully saturated rings. The summed E-state index contributed by atoms with van der Waals surface area (Å²) in [6.45, 7) is 6.28. The standard InChI is InChI=1S/C24H25NO4S/c1-4-24(2,3)17-7-11-19(12-8-17)29-20-13-9-18(10-14-20)25-22(26)16-28-23(27)21-6-5-15-30-21/h5-15H,4,16H2,1-3H3,(H,25,26). The molecule has 1 aromatic heterocycles. The van der Waals surface area contributed by atoms with Crippen molar-refractivity contribution in [2.75, 3.05) is 11.9 Å². The molecular weight excluding hydrogens is 398 g/mol. The molecule has 0 spiro atoms. The summed E-state index contributed by atoms with van der Waals surface area (Å²) in [5, 5.41) is 4.47. The van der Waals surface area contributed by atoms with E-state index in [1.54, 1.807) is 41.8 Å². The molecule has 1 heterocycles. The first kappa shape index (κ1) is 21.6. The second-order valence-electron chi connectivity index (χ2n) is 7.49. The lowest BCUT2D eigenvalue weighted by molar-refractivity contribution is -0.119. The summed E-state index contributed by atoms with van der Waals surface area (Å²) in [5.74, 6) is 0.516. The van der Waals surface area contributed by atoms with Crippen LogP contribution in [0.3, 0.4) is 0 Å². The summed E-state index contributed by atoms with van der Waals surface area (Å²) in [7, 11) is 0. The van der Waals surface area contributed by atoms with Gasteiger partial charge in [0.2, 0.25) is 0 Å². The summed E-state index contributed by atoms with van der Waals surface area (Å²) in [5.41, 5.74) is 2.01. The Morgan fingerprint density at radius 1 is 0.967 bits per heavy atom. The molecule has 0 aliphatic rings. The Balaban J connectivity index is 1.51. The van der Waals surface area contributed by atoms with Gasteiger partial charge in [0.15, 0.2) is 6.61 Å². The average Bonchev–Trinajstić information content (AvgIpc) is 3.29. The number of nitrogens with one attached hydrogen (secondary N) is 1. The third-order valence-electron chi connectivity index (χ3n) is 4.95. The molecule has 0 saturated heterocycles. The van der Waals surface area contributed by atoms with Crippen LogP contribution in [0.4, 0.5) is 5.69 Å². The largest absolute Gasteiger partial charge is 0.457 e. The molecule has 156 valence electrons. The third kappa shape index (κ3) is 5.70. The minimum Gasteiger partial charge on any atom is -0.457 e. The lowest BCUT2D eigenvalue weighted by Crippen LogP contribution is -2.20. The molecular formula is C24H25NO4S. The maximum atomic E-state index is 12.0. The second kappa shape index (κ2) is 9.59. The minimum atomic E-state index is -0.503. The zero-order valence-corrected chi connectivity index (χ0v) is 18.1. The number of ether oxygens (including phenoxy) is 2. The fraction of sp³-hybridized carbons (Fsp3) is 0.250. The van der Waals surface area contributed by atoms with Crippen LogP contribution in [0.25, 0.3) is 0 Å². The molecule has 1 N–H and O–H groups in total. The molecule has 3 rings (SSSR count). The van der Waals surface area contributed by atoms with Gasteiger partial charge >= 0.3 is 5.97 Å². The van der Waals surface area contributed by atoms with Crippen LogP contribution in [0.15, 0.2) is 66.0 Å². The van der Waals surface area contributed by atoms with Gasteiger partial charge in [0, 0.05) is 5.69 Å². The highest BCUT2D eigenvalue weighted by Crippen LogP contribution is 2.29. The maximum Gasteiger partial charge on any atom is 0.348 e. The first-order chi connectivity index (χ1) is 14.4. The van der Waals surface area contributed by atoms with Gasteiger partial charge in [-0.2, -0.15) is 0 Å². The van der Waals surface area contributed by atoms with Crippen LogP contribution < -0.4 is 10.1 Å². The monoisotopic (exact) mass is 423 g/mol. The Hall–Kier alpha value is -3.12. The van der Waals surface area contributed by atoms with E-state index in [1.165, 1.54) is 16.9 Å². The quantitative estimate of drug-likeness (QED) is 0.450. The first-order valence-corrected chi connectivity index (χ1v) is 10.6. The van der Waals surface area contributed by atoms with Crippen LogP contribution in [0.1, 0.15) is 42.4 Å². The number of carbonyl (C=O) groups is 2. The molecule has 0 bridgehead atoms. The predicted octanol–water partition coefficient (Wildman–Crippen LogP) is 6.02. The number of anilines is 1. The number of thiophene rings is 1. The molecule has 5 nitrogen and oxygen atoms in total. The van der Waals surface area contributed by atoms with Crippen LogP contribution in [0.5, 0.6) is 11.5 Å². The summed E-state index contributed by atoms with van der Waals surface area (Å²) in [6.07, 6.45) is 1.06. The average molecular weight is 424 g/mol. The van der Waals surface area contributed by atoms with Crippen molar-refractivity contribution in [1.29, 1.82) is 0 Å². The van der Waals surface area contributed by atoms with Crippen molar-refractivity contribution in [3.05, 3.63) is 76.5 Å². The normalized spacial score (nSPS) is 11.0. The molecule has 3 aromatic rings. The summed E-state index contributed by atoms with van der Waals surface area (Å²) in [6, 6.07) is 18.5. The molecule has 0 atom stereocenters. The van der Waals surface area contributed by atoms with Gasteiger partial charge in [0.05, 0.1) is 0 Å². The Labute approximate surface area is 180 Å². The van der Waals surface area contributed by atoms with E-state index in [0.717, 1.165) is 12.2 Å². The van der Waals surface area contributed by atoms with Gasteiger partial charge in [-0.05, 0) is 65.2 Å². The Bertz CT molecular complexity index is 977. The zero-order valence-electron chi connectivity index (χ0n) is 17.3. The Morgan fingerprint density at radius 3 is 2.17 bits per heavy atom. The van der Waals surface area contributed by atoms with Crippen molar-refractivity contribution in [2.24, 2.45) is 0 Å². The van der Waals surface area contributed by atoms with E-state index in [1.807, 2.05) is 12.1 Å². The molecule has 2 aromatic carbocycles. The van der Waals surface area contributed by atoms with E-state index >= 15 is 0 Å². The minimum absolute atomic E-state index is 0.135. The fourth-order valence-electron chi connectivity index (χ4n) is 2.71. The molecule has 0 aliphatic carbocycles. The van der Waals surface area contributed by atoms with Gasteiger partial charge in [-0.1, -0.05) is 39.0 Å². The third-order valence-corrected chi connectivity index (χ3v) is 5.80. The predicted molar refractivity (Wildman–Crippen MR) is 120 cm³/mol. The Morgan fingerprint density at radius 2 is 1.60 bits per heavy atom.